The number of anilines is 2. The number of fused-ring (bicyclic) bond motifs is 2. The van der Waals surface area contributed by atoms with Gasteiger partial charge >= 0.3 is 0 Å². The molecule has 0 fully saturated rings. The van der Waals surface area contributed by atoms with Gasteiger partial charge in [-0.2, -0.15) is 0 Å². The number of imidazole rings is 1. The standard InChI is InChI=1S/C21H18N4O2/c1-14-5-4-7-19-24-20(16-6-2-3-10-22-16)21(25(14)19)23-15-8-9-17-18(13-15)27-12-11-26-17/h2-10,13,23H,11-12H2,1H3. The lowest BCUT2D eigenvalue weighted by Crippen LogP contribution is -2.15. The van der Waals surface area contributed by atoms with Gasteiger partial charge in [-0.05, 0) is 43.3 Å². The molecule has 6 heteroatoms. The normalized spacial score (nSPS) is 12.9. The summed E-state index contributed by atoms with van der Waals surface area (Å²) in [5.41, 5.74) is 4.49. The molecule has 0 amide bonds. The van der Waals surface area contributed by atoms with Crippen molar-refractivity contribution in [2.75, 3.05) is 18.5 Å². The van der Waals surface area contributed by atoms with E-state index in [2.05, 4.69) is 27.7 Å². The molecule has 0 saturated carbocycles. The second-order valence-corrected chi connectivity index (χ2v) is 6.37. The van der Waals surface area contributed by atoms with Gasteiger partial charge in [0.25, 0.3) is 0 Å². The number of benzene rings is 1. The highest BCUT2D eigenvalue weighted by Gasteiger charge is 2.18. The molecule has 0 atom stereocenters. The van der Waals surface area contributed by atoms with Crippen molar-refractivity contribution in [2.45, 2.75) is 6.92 Å². The Morgan fingerprint density at radius 3 is 2.70 bits per heavy atom. The summed E-state index contributed by atoms with van der Waals surface area (Å²) in [4.78, 5) is 9.30. The Labute approximate surface area is 156 Å². The molecule has 3 aromatic heterocycles. The Balaban J connectivity index is 1.65. The van der Waals surface area contributed by atoms with E-state index in [4.69, 9.17) is 14.5 Å². The van der Waals surface area contributed by atoms with Crippen molar-refractivity contribution in [3.05, 3.63) is 66.5 Å². The van der Waals surface area contributed by atoms with E-state index in [1.165, 1.54) is 0 Å². The van der Waals surface area contributed by atoms with Crippen LogP contribution in [-0.2, 0) is 0 Å². The zero-order valence-electron chi connectivity index (χ0n) is 14.8. The fourth-order valence-corrected chi connectivity index (χ4v) is 3.31. The molecule has 1 N–H and O–H groups in total. The first kappa shape index (κ1) is 15.7. The highest BCUT2D eigenvalue weighted by Crippen LogP contribution is 2.36. The number of aromatic nitrogens is 3. The smallest absolute Gasteiger partial charge is 0.163 e. The van der Waals surface area contributed by atoms with Crippen LogP contribution in [0, 0.1) is 6.92 Å². The summed E-state index contributed by atoms with van der Waals surface area (Å²) in [7, 11) is 0. The van der Waals surface area contributed by atoms with Crippen LogP contribution in [0.25, 0.3) is 17.0 Å². The van der Waals surface area contributed by atoms with E-state index in [0.717, 1.165) is 45.7 Å². The third-order valence-corrected chi connectivity index (χ3v) is 4.55. The molecule has 0 unspecified atom stereocenters. The van der Waals surface area contributed by atoms with Crippen molar-refractivity contribution in [2.24, 2.45) is 0 Å². The van der Waals surface area contributed by atoms with Crippen molar-refractivity contribution in [3.8, 4) is 22.9 Å². The summed E-state index contributed by atoms with van der Waals surface area (Å²) in [5.74, 6) is 2.39. The molecule has 134 valence electrons. The van der Waals surface area contributed by atoms with E-state index in [9.17, 15) is 0 Å². The predicted octanol–water partition coefficient (Wildman–Crippen LogP) is 4.22. The van der Waals surface area contributed by atoms with Crippen molar-refractivity contribution in [1.82, 2.24) is 14.4 Å². The molecule has 0 bridgehead atoms. The average molecular weight is 358 g/mol. The van der Waals surface area contributed by atoms with Gasteiger partial charge in [0.2, 0.25) is 0 Å². The Bertz CT molecular complexity index is 1120. The lowest BCUT2D eigenvalue weighted by atomic mass is 10.2. The van der Waals surface area contributed by atoms with Gasteiger partial charge in [-0.15, -0.1) is 0 Å². The average Bonchev–Trinajstić information content (AvgIpc) is 3.08. The van der Waals surface area contributed by atoms with E-state index in [1.54, 1.807) is 6.20 Å². The van der Waals surface area contributed by atoms with Gasteiger partial charge in [0.15, 0.2) is 11.5 Å². The first-order valence-electron chi connectivity index (χ1n) is 8.86. The van der Waals surface area contributed by atoms with Crippen LogP contribution in [-0.4, -0.2) is 27.6 Å². The number of nitrogens with zero attached hydrogens (tertiary/aromatic N) is 3. The predicted molar refractivity (Wildman–Crippen MR) is 104 cm³/mol. The minimum absolute atomic E-state index is 0.560. The number of pyridine rings is 2. The number of hydrogen-bond acceptors (Lipinski definition) is 5. The minimum atomic E-state index is 0.560. The fourth-order valence-electron chi connectivity index (χ4n) is 3.31. The molecule has 5 rings (SSSR count). The molecule has 1 aromatic carbocycles. The summed E-state index contributed by atoms with van der Waals surface area (Å²) in [5, 5.41) is 3.51. The molecular weight excluding hydrogens is 340 g/mol. The molecule has 6 nitrogen and oxygen atoms in total. The van der Waals surface area contributed by atoms with E-state index < -0.39 is 0 Å². The largest absolute Gasteiger partial charge is 0.486 e. The van der Waals surface area contributed by atoms with Crippen LogP contribution in [0.15, 0.2) is 60.8 Å². The van der Waals surface area contributed by atoms with Crippen LogP contribution in [0.1, 0.15) is 5.69 Å². The molecule has 4 aromatic rings. The van der Waals surface area contributed by atoms with E-state index in [0.29, 0.717) is 13.2 Å². The fraction of sp³-hybridized carbons (Fsp3) is 0.143. The van der Waals surface area contributed by atoms with Crippen molar-refractivity contribution >= 4 is 17.2 Å². The van der Waals surface area contributed by atoms with Gasteiger partial charge in [-0.3, -0.25) is 9.38 Å². The summed E-state index contributed by atoms with van der Waals surface area (Å²) < 4.78 is 13.4. The van der Waals surface area contributed by atoms with Crippen LogP contribution < -0.4 is 14.8 Å². The highest BCUT2D eigenvalue weighted by atomic mass is 16.6. The van der Waals surface area contributed by atoms with Gasteiger partial charge in [0.05, 0.1) is 5.69 Å². The second-order valence-electron chi connectivity index (χ2n) is 6.37. The lowest BCUT2D eigenvalue weighted by Gasteiger charge is -2.19. The number of hydrogen-bond donors (Lipinski definition) is 1. The topological polar surface area (TPSA) is 60.7 Å². The quantitative estimate of drug-likeness (QED) is 0.594. The SMILES string of the molecule is Cc1cccc2nc(-c3ccccn3)c(Nc3ccc4c(c3)OCCO4)n12. The second kappa shape index (κ2) is 6.32. The Morgan fingerprint density at radius 2 is 1.85 bits per heavy atom. The molecular formula is C21H18N4O2. The summed E-state index contributed by atoms with van der Waals surface area (Å²) in [6.45, 7) is 3.20. The minimum Gasteiger partial charge on any atom is -0.486 e. The Hall–Kier alpha value is -3.54. The van der Waals surface area contributed by atoms with Crippen LogP contribution in [0.4, 0.5) is 11.5 Å². The zero-order valence-corrected chi connectivity index (χ0v) is 14.8. The molecule has 4 heterocycles. The molecule has 0 saturated heterocycles. The van der Waals surface area contributed by atoms with E-state index >= 15 is 0 Å². The summed E-state index contributed by atoms with van der Waals surface area (Å²) >= 11 is 0. The maximum absolute atomic E-state index is 5.71. The summed E-state index contributed by atoms with van der Waals surface area (Å²) in [6.07, 6.45) is 1.78. The number of nitrogens with one attached hydrogen (secondary N) is 1. The Kier molecular flexibility index (Phi) is 3.67. The first-order valence-corrected chi connectivity index (χ1v) is 8.86. The van der Waals surface area contributed by atoms with Gasteiger partial charge < -0.3 is 14.8 Å². The van der Waals surface area contributed by atoms with Crippen LogP contribution in [0.3, 0.4) is 0 Å². The van der Waals surface area contributed by atoms with Gasteiger partial charge in [-0.1, -0.05) is 12.1 Å². The molecule has 1 aliphatic rings. The number of aryl methyl sites for hydroxylation is 1. The highest BCUT2D eigenvalue weighted by molar-refractivity contribution is 5.78. The van der Waals surface area contributed by atoms with E-state index in [1.807, 2.05) is 48.5 Å². The lowest BCUT2D eigenvalue weighted by molar-refractivity contribution is 0.171. The maximum atomic E-state index is 5.71. The molecule has 0 aliphatic carbocycles. The summed E-state index contributed by atoms with van der Waals surface area (Å²) in [6, 6.07) is 17.8. The number of ether oxygens (including phenoxy) is 2. The zero-order chi connectivity index (χ0) is 18.2. The third-order valence-electron chi connectivity index (χ3n) is 4.55. The third kappa shape index (κ3) is 2.75. The van der Waals surface area contributed by atoms with Crippen LogP contribution in [0.2, 0.25) is 0 Å². The number of rotatable bonds is 3. The monoisotopic (exact) mass is 358 g/mol. The van der Waals surface area contributed by atoms with Crippen molar-refractivity contribution in [1.29, 1.82) is 0 Å². The van der Waals surface area contributed by atoms with Gasteiger partial charge in [0, 0.05) is 23.6 Å². The molecule has 0 spiro atoms. The molecule has 27 heavy (non-hydrogen) atoms. The van der Waals surface area contributed by atoms with Crippen molar-refractivity contribution in [3.63, 3.8) is 0 Å². The van der Waals surface area contributed by atoms with Gasteiger partial charge in [-0.25, -0.2) is 4.98 Å². The Morgan fingerprint density at radius 1 is 0.963 bits per heavy atom. The van der Waals surface area contributed by atoms with E-state index in [-0.39, 0.29) is 0 Å². The van der Waals surface area contributed by atoms with Gasteiger partial charge in [0.1, 0.15) is 30.4 Å². The first-order chi connectivity index (χ1) is 13.3. The molecule has 1 aliphatic heterocycles. The maximum Gasteiger partial charge on any atom is 0.163 e. The molecule has 0 radical (unpaired) electrons. The van der Waals surface area contributed by atoms with Crippen LogP contribution >= 0.6 is 0 Å². The van der Waals surface area contributed by atoms with Crippen LogP contribution in [0.5, 0.6) is 11.5 Å². The van der Waals surface area contributed by atoms with Crippen molar-refractivity contribution < 1.29 is 9.47 Å².